The normalized spacial score (nSPS) is 13.7. The molecule has 2 rings (SSSR count). The van der Waals surface area contributed by atoms with E-state index < -0.39 is 23.1 Å². The second-order valence-corrected chi connectivity index (χ2v) is 5.35. The summed E-state index contributed by atoms with van der Waals surface area (Å²) in [4.78, 5) is 12.1. The number of halogens is 2. The van der Waals surface area contributed by atoms with Crippen LogP contribution in [0.4, 0.5) is 8.78 Å². The highest BCUT2D eigenvalue weighted by Gasteiger charge is 2.28. The minimum absolute atomic E-state index is 0.0860. The summed E-state index contributed by atoms with van der Waals surface area (Å²) in [6.45, 7) is 2.86. The summed E-state index contributed by atoms with van der Waals surface area (Å²) in [6, 6.07) is 2.91. The van der Waals surface area contributed by atoms with Crippen LogP contribution < -0.4 is 5.32 Å². The number of carbonyl (C=O) groups excluding carboxylic acids is 1. The van der Waals surface area contributed by atoms with Crippen molar-refractivity contribution in [2.45, 2.75) is 19.4 Å². The first-order valence-electron chi connectivity index (χ1n) is 6.67. The van der Waals surface area contributed by atoms with Gasteiger partial charge in [0.05, 0.1) is 18.3 Å². The van der Waals surface area contributed by atoms with Gasteiger partial charge < -0.3 is 10.4 Å². The van der Waals surface area contributed by atoms with Crippen molar-refractivity contribution in [1.82, 2.24) is 15.1 Å². The Hall–Kier alpha value is -2.28. The first kappa shape index (κ1) is 16.1. The van der Waals surface area contributed by atoms with Gasteiger partial charge in [-0.3, -0.25) is 9.48 Å². The van der Waals surface area contributed by atoms with Crippen LogP contribution in [0.1, 0.15) is 28.5 Å². The maximum Gasteiger partial charge on any atom is 0.254 e. The van der Waals surface area contributed by atoms with Crippen molar-refractivity contribution in [3.8, 4) is 0 Å². The number of rotatable bonds is 4. The van der Waals surface area contributed by atoms with Crippen molar-refractivity contribution < 1.29 is 18.7 Å². The number of aryl methyl sites for hydroxylation is 1. The molecule has 0 fully saturated rings. The zero-order valence-corrected chi connectivity index (χ0v) is 12.5. The molecule has 0 radical (unpaired) electrons. The van der Waals surface area contributed by atoms with E-state index in [0.717, 1.165) is 12.1 Å². The summed E-state index contributed by atoms with van der Waals surface area (Å²) in [5.74, 6) is -2.02. The highest BCUT2D eigenvalue weighted by atomic mass is 19.1. The lowest BCUT2D eigenvalue weighted by atomic mass is 9.95. The smallest absolute Gasteiger partial charge is 0.254 e. The lowest BCUT2D eigenvalue weighted by Gasteiger charge is -2.24. The molecule has 22 heavy (non-hydrogen) atoms. The molecule has 0 spiro atoms. The van der Waals surface area contributed by atoms with Crippen molar-refractivity contribution in [3.05, 3.63) is 52.9 Å². The monoisotopic (exact) mass is 309 g/mol. The molecule has 118 valence electrons. The molecule has 1 amide bonds. The Kier molecular flexibility index (Phi) is 4.27. The van der Waals surface area contributed by atoms with E-state index in [-0.39, 0.29) is 12.1 Å². The van der Waals surface area contributed by atoms with Crippen molar-refractivity contribution in [3.63, 3.8) is 0 Å². The van der Waals surface area contributed by atoms with Gasteiger partial charge >= 0.3 is 0 Å². The van der Waals surface area contributed by atoms with Gasteiger partial charge in [0.25, 0.3) is 5.91 Å². The first-order chi connectivity index (χ1) is 10.2. The molecule has 0 bridgehead atoms. The lowest BCUT2D eigenvalue weighted by Crippen LogP contribution is -2.39. The molecule has 1 atom stereocenters. The van der Waals surface area contributed by atoms with Gasteiger partial charge in [0.15, 0.2) is 0 Å². The molecule has 0 aliphatic carbocycles. The minimum atomic E-state index is -1.66. The summed E-state index contributed by atoms with van der Waals surface area (Å²) < 4.78 is 28.2. The van der Waals surface area contributed by atoms with Crippen LogP contribution in [0.5, 0.6) is 0 Å². The van der Waals surface area contributed by atoms with Gasteiger partial charge in [-0.2, -0.15) is 5.10 Å². The van der Waals surface area contributed by atoms with Crippen LogP contribution in [0.2, 0.25) is 0 Å². The van der Waals surface area contributed by atoms with Gasteiger partial charge in [-0.1, -0.05) is 6.07 Å². The molecule has 5 nitrogen and oxygen atoms in total. The molecule has 2 aromatic rings. The predicted molar refractivity (Wildman–Crippen MR) is 76.2 cm³/mol. The standard InChI is InChI=1S/C15H17F2N3O2/c1-9-11(7-19-20(9)3)14(21)18-8-15(2,22)12-5-4-10(16)6-13(12)17/h4-7,22H,8H2,1-3H3,(H,18,21). The van der Waals surface area contributed by atoms with Gasteiger partial charge in [0.1, 0.15) is 17.2 Å². The quantitative estimate of drug-likeness (QED) is 0.902. The van der Waals surface area contributed by atoms with E-state index in [1.807, 2.05) is 0 Å². The summed E-state index contributed by atoms with van der Waals surface area (Å²) in [6.07, 6.45) is 1.41. The zero-order valence-electron chi connectivity index (χ0n) is 12.5. The summed E-state index contributed by atoms with van der Waals surface area (Å²) in [5, 5.41) is 16.8. The summed E-state index contributed by atoms with van der Waals surface area (Å²) >= 11 is 0. The summed E-state index contributed by atoms with van der Waals surface area (Å²) in [7, 11) is 1.70. The van der Waals surface area contributed by atoms with E-state index in [1.54, 1.807) is 18.7 Å². The molecule has 2 N–H and O–H groups in total. The molecule has 1 heterocycles. The molecule has 0 aliphatic rings. The molecule has 1 unspecified atom stereocenters. The Morgan fingerprint density at radius 2 is 2.14 bits per heavy atom. The highest BCUT2D eigenvalue weighted by molar-refractivity contribution is 5.95. The SMILES string of the molecule is Cc1c(C(=O)NCC(C)(O)c2ccc(F)cc2F)cnn1C. The van der Waals surface area contributed by atoms with Crippen LogP contribution in [0.25, 0.3) is 0 Å². The first-order valence-corrected chi connectivity index (χ1v) is 6.67. The largest absolute Gasteiger partial charge is 0.383 e. The minimum Gasteiger partial charge on any atom is -0.383 e. The number of hydrogen-bond acceptors (Lipinski definition) is 3. The maximum atomic E-state index is 13.7. The third-order valence-corrected chi connectivity index (χ3v) is 3.58. The van der Waals surface area contributed by atoms with Gasteiger partial charge in [0.2, 0.25) is 0 Å². The number of nitrogens with zero attached hydrogens (tertiary/aromatic N) is 2. The van der Waals surface area contributed by atoms with Gasteiger partial charge in [-0.15, -0.1) is 0 Å². The Bertz CT molecular complexity index is 711. The molecule has 0 saturated carbocycles. The Balaban J connectivity index is 2.12. The Labute approximate surface area is 126 Å². The predicted octanol–water partition coefficient (Wildman–Crippen LogP) is 1.64. The van der Waals surface area contributed by atoms with E-state index in [2.05, 4.69) is 10.4 Å². The second kappa shape index (κ2) is 5.84. The van der Waals surface area contributed by atoms with Crippen LogP contribution >= 0.6 is 0 Å². The summed E-state index contributed by atoms with van der Waals surface area (Å²) in [5.41, 5.74) is -0.705. The van der Waals surface area contributed by atoms with E-state index in [1.165, 1.54) is 13.1 Å². The third kappa shape index (κ3) is 3.14. The van der Waals surface area contributed by atoms with Gasteiger partial charge in [0, 0.05) is 24.4 Å². The van der Waals surface area contributed by atoms with Crippen LogP contribution in [0.15, 0.2) is 24.4 Å². The number of hydrogen-bond donors (Lipinski definition) is 2. The van der Waals surface area contributed by atoms with Crippen molar-refractivity contribution in [1.29, 1.82) is 0 Å². The highest BCUT2D eigenvalue weighted by Crippen LogP contribution is 2.23. The molecule has 1 aromatic carbocycles. The van der Waals surface area contributed by atoms with Crippen LogP contribution in [-0.4, -0.2) is 27.3 Å². The molecule has 0 aliphatic heterocycles. The number of nitrogens with one attached hydrogen (secondary N) is 1. The van der Waals surface area contributed by atoms with E-state index in [9.17, 15) is 18.7 Å². The van der Waals surface area contributed by atoms with Gasteiger partial charge in [-0.25, -0.2) is 8.78 Å². The van der Waals surface area contributed by atoms with Crippen LogP contribution in [-0.2, 0) is 12.6 Å². The number of benzene rings is 1. The number of amides is 1. The molecular weight excluding hydrogens is 292 g/mol. The van der Waals surface area contributed by atoms with Crippen LogP contribution in [0, 0.1) is 18.6 Å². The Morgan fingerprint density at radius 1 is 1.45 bits per heavy atom. The molecule has 1 aromatic heterocycles. The fraction of sp³-hybridized carbons (Fsp3) is 0.333. The van der Waals surface area contributed by atoms with Gasteiger partial charge in [-0.05, 0) is 19.9 Å². The third-order valence-electron chi connectivity index (χ3n) is 3.58. The molecule has 0 saturated heterocycles. The van der Waals surface area contributed by atoms with E-state index in [0.29, 0.717) is 17.3 Å². The van der Waals surface area contributed by atoms with Crippen molar-refractivity contribution in [2.75, 3.05) is 6.54 Å². The number of aliphatic hydroxyl groups is 1. The number of carbonyl (C=O) groups is 1. The van der Waals surface area contributed by atoms with E-state index in [4.69, 9.17) is 0 Å². The topological polar surface area (TPSA) is 67.2 Å². The zero-order chi connectivity index (χ0) is 16.5. The fourth-order valence-corrected chi connectivity index (χ4v) is 2.09. The average molecular weight is 309 g/mol. The van der Waals surface area contributed by atoms with Crippen molar-refractivity contribution in [2.24, 2.45) is 7.05 Å². The molecule has 7 heteroatoms. The van der Waals surface area contributed by atoms with Crippen LogP contribution in [0.3, 0.4) is 0 Å². The number of aromatic nitrogens is 2. The fourth-order valence-electron chi connectivity index (χ4n) is 2.09. The van der Waals surface area contributed by atoms with Crippen molar-refractivity contribution >= 4 is 5.91 Å². The average Bonchev–Trinajstić information content (AvgIpc) is 2.76. The second-order valence-electron chi connectivity index (χ2n) is 5.35. The Morgan fingerprint density at radius 3 is 2.68 bits per heavy atom. The molecular formula is C15H17F2N3O2. The maximum absolute atomic E-state index is 13.7. The van der Waals surface area contributed by atoms with E-state index >= 15 is 0 Å². The lowest BCUT2D eigenvalue weighted by molar-refractivity contribution is 0.0494.